The molecular weight excluding hydrogens is 190 g/mol. The van der Waals surface area contributed by atoms with E-state index in [1.807, 2.05) is 13.0 Å². The zero-order valence-corrected chi connectivity index (χ0v) is 8.95. The third-order valence-corrected chi connectivity index (χ3v) is 2.15. The van der Waals surface area contributed by atoms with Gasteiger partial charge in [0, 0.05) is 12.1 Å². The van der Waals surface area contributed by atoms with Crippen LogP contribution in [0.3, 0.4) is 0 Å². The molecule has 1 aromatic rings. The second-order valence-corrected chi connectivity index (χ2v) is 3.32. The van der Waals surface area contributed by atoms with Crippen molar-refractivity contribution in [2.24, 2.45) is 0 Å². The van der Waals surface area contributed by atoms with Gasteiger partial charge in [-0.2, -0.15) is 0 Å². The van der Waals surface area contributed by atoms with Gasteiger partial charge in [-0.25, -0.2) is 0 Å². The van der Waals surface area contributed by atoms with Crippen LogP contribution < -0.4 is 5.32 Å². The second kappa shape index (κ2) is 5.20. The smallest absolute Gasteiger partial charge is 0.246 e. The van der Waals surface area contributed by atoms with Crippen molar-refractivity contribution >= 4 is 5.91 Å². The number of aromatic hydroxyl groups is 1. The zero-order valence-electron chi connectivity index (χ0n) is 8.95. The summed E-state index contributed by atoms with van der Waals surface area (Å²) in [6.07, 6.45) is 1.76. The first-order chi connectivity index (χ1) is 7.13. The largest absolute Gasteiger partial charge is 0.508 e. The summed E-state index contributed by atoms with van der Waals surface area (Å²) in [5.74, 6) is 0.130. The van der Waals surface area contributed by atoms with Crippen molar-refractivity contribution in [2.45, 2.75) is 20.4 Å². The molecule has 0 unspecified atom stereocenters. The summed E-state index contributed by atoms with van der Waals surface area (Å²) < 4.78 is 0. The molecular formula is C12H15NO2. The Morgan fingerprint density at radius 3 is 2.87 bits per heavy atom. The van der Waals surface area contributed by atoms with Crippen molar-refractivity contribution in [2.75, 3.05) is 0 Å². The molecule has 1 rings (SSSR count). The Morgan fingerprint density at radius 2 is 2.27 bits per heavy atom. The van der Waals surface area contributed by atoms with Crippen LogP contribution in [0.5, 0.6) is 5.75 Å². The highest BCUT2D eigenvalue weighted by Crippen LogP contribution is 2.10. The predicted octanol–water partition coefficient (Wildman–Crippen LogP) is 1.97. The molecule has 3 nitrogen and oxygen atoms in total. The van der Waals surface area contributed by atoms with Crippen LogP contribution in [0.4, 0.5) is 0 Å². The minimum Gasteiger partial charge on any atom is -0.508 e. The van der Waals surface area contributed by atoms with E-state index in [-0.39, 0.29) is 11.7 Å². The van der Waals surface area contributed by atoms with Gasteiger partial charge in [0.05, 0.1) is 0 Å². The highest BCUT2D eigenvalue weighted by molar-refractivity contribution is 5.92. The van der Waals surface area contributed by atoms with E-state index >= 15 is 0 Å². The van der Waals surface area contributed by atoms with Crippen LogP contribution in [0.25, 0.3) is 0 Å². The third kappa shape index (κ3) is 3.46. The molecule has 0 fully saturated rings. The molecule has 0 atom stereocenters. The Kier molecular flexibility index (Phi) is 3.92. The average Bonchev–Trinajstić information content (AvgIpc) is 2.25. The Balaban J connectivity index is 2.54. The highest BCUT2D eigenvalue weighted by atomic mass is 16.3. The number of rotatable bonds is 3. The van der Waals surface area contributed by atoms with Gasteiger partial charge in [-0.3, -0.25) is 4.79 Å². The number of benzene rings is 1. The van der Waals surface area contributed by atoms with E-state index in [4.69, 9.17) is 0 Å². The van der Waals surface area contributed by atoms with Gasteiger partial charge in [0.1, 0.15) is 5.75 Å². The second-order valence-electron chi connectivity index (χ2n) is 3.32. The molecule has 15 heavy (non-hydrogen) atoms. The lowest BCUT2D eigenvalue weighted by atomic mass is 10.2. The van der Waals surface area contributed by atoms with Crippen LogP contribution in [0.15, 0.2) is 35.9 Å². The summed E-state index contributed by atoms with van der Waals surface area (Å²) >= 11 is 0. The monoisotopic (exact) mass is 205 g/mol. The Morgan fingerprint density at radius 1 is 1.53 bits per heavy atom. The molecule has 3 heteroatoms. The highest BCUT2D eigenvalue weighted by Gasteiger charge is 2.02. The van der Waals surface area contributed by atoms with Crippen LogP contribution in [-0.2, 0) is 11.3 Å². The molecule has 1 aromatic carbocycles. The standard InChI is InChI=1S/C12H15NO2/c1-3-9(2)12(15)13-8-10-5-4-6-11(14)7-10/h3-7,14H,8H2,1-2H3,(H,13,15). The fourth-order valence-electron chi connectivity index (χ4n) is 1.12. The Hall–Kier alpha value is -1.77. The van der Waals surface area contributed by atoms with Gasteiger partial charge >= 0.3 is 0 Å². The van der Waals surface area contributed by atoms with E-state index in [1.54, 1.807) is 31.2 Å². The first-order valence-corrected chi connectivity index (χ1v) is 4.82. The number of carbonyl (C=O) groups excluding carboxylic acids is 1. The molecule has 0 aromatic heterocycles. The molecule has 0 radical (unpaired) electrons. The number of amides is 1. The van der Waals surface area contributed by atoms with E-state index in [0.29, 0.717) is 12.1 Å². The fourth-order valence-corrected chi connectivity index (χ4v) is 1.12. The van der Waals surface area contributed by atoms with Gasteiger partial charge in [-0.05, 0) is 31.5 Å². The lowest BCUT2D eigenvalue weighted by Gasteiger charge is -2.05. The van der Waals surface area contributed by atoms with Gasteiger partial charge in [0.15, 0.2) is 0 Å². The maximum atomic E-state index is 11.4. The molecule has 0 saturated carbocycles. The fraction of sp³-hybridized carbons (Fsp3) is 0.250. The molecule has 1 amide bonds. The van der Waals surface area contributed by atoms with Crippen LogP contribution in [0.2, 0.25) is 0 Å². The van der Waals surface area contributed by atoms with E-state index < -0.39 is 0 Å². The number of allylic oxidation sites excluding steroid dienone is 1. The lowest BCUT2D eigenvalue weighted by Crippen LogP contribution is -2.23. The quantitative estimate of drug-likeness (QED) is 0.741. The summed E-state index contributed by atoms with van der Waals surface area (Å²) in [5.41, 5.74) is 1.57. The Bertz CT molecular complexity index is 383. The predicted molar refractivity (Wildman–Crippen MR) is 59.4 cm³/mol. The van der Waals surface area contributed by atoms with Gasteiger partial charge in [0.25, 0.3) is 0 Å². The lowest BCUT2D eigenvalue weighted by molar-refractivity contribution is -0.117. The van der Waals surface area contributed by atoms with Gasteiger partial charge in [-0.1, -0.05) is 18.2 Å². The number of phenolic OH excluding ortho intramolecular Hbond substituents is 1. The van der Waals surface area contributed by atoms with E-state index in [2.05, 4.69) is 5.32 Å². The van der Waals surface area contributed by atoms with Crippen LogP contribution in [0, 0.1) is 0 Å². The molecule has 2 N–H and O–H groups in total. The van der Waals surface area contributed by atoms with Crippen molar-refractivity contribution in [1.82, 2.24) is 5.32 Å². The van der Waals surface area contributed by atoms with Crippen molar-refractivity contribution in [3.8, 4) is 5.75 Å². The average molecular weight is 205 g/mol. The molecule has 0 saturated heterocycles. The molecule has 0 aliphatic rings. The van der Waals surface area contributed by atoms with E-state index in [1.165, 1.54) is 0 Å². The Labute approximate surface area is 89.4 Å². The SMILES string of the molecule is CC=C(C)C(=O)NCc1cccc(O)c1. The third-order valence-electron chi connectivity index (χ3n) is 2.15. The number of hydrogen-bond donors (Lipinski definition) is 2. The minimum atomic E-state index is -0.0826. The van der Waals surface area contributed by atoms with Crippen molar-refractivity contribution in [1.29, 1.82) is 0 Å². The first-order valence-electron chi connectivity index (χ1n) is 4.82. The number of hydrogen-bond acceptors (Lipinski definition) is 2. The number of phenols is 1. The van der Waals surface area contributed by atoms with Crippen molar-refractivity contribution in [3.05, 3.63) is 41.5 Å². The number of nitrogens with one attached hydrogen (secondary N) is 1. The first kappa shape index (κ1) is 11.3. The number of carbonyl (C=O) groups is 1. The van der Waals surface area contributed by atoms with Crippen LogP contribution in [-0.4, -0.2) is 11.0 Å². The van der Waals surface area contributed by atoms with Gasteiger partial charge < -0.3 is 10.4 Å². The molecule has 0 heterocycles. The molecule has 0 spiro atoms. The summed E-state index contributed by atoms with van der Waals surface area (Å²) in [6.45, 7) is 4.01. The van der Waals surface area contributed by atoms with Gasteiger partial charge in [0.2, 0.25) is 5.91 Å². The molecule has 0 bridgehead atoms. The van der Waals surface area contributed by atoms with Gasteiger partial charge in [-0.15, -0.1) is 0 Å². The summed E-state index contributed by atoms with van der Waals surface area (Å²) in [7, 11) is 0. The molecule has 0 aliphatic heterocycles. The normalized spacial score (nSPS) is 11.2. The van der Waals surface area contributed by atoms with Crippen molar-refractivity contribution in [3.63, 3.8) is 0 Å². The maximum absolute atomic E-state index is 11.4. The molecule has 80 valence electrons. The summed E-state index contributed by atoms with van der Waals surface area (Å²) in [5, 5.41) is 12.0. The topological polar surface area (TPSA) is 49.3 Å². The van der Waals surface area contributed by atoms with Crippen LogP contribution in [0.1, 0.15) is 19.4 Å². The van der Waals surface area contributed by atoms with Crippen molar-refractivity contribution < 1.29 is 9.90 Å². The summed E-state index contributed by atoms with van der Waals surface area (Å²) in [6, 6.07) is 6.83. The maximum Gasteiger partial charge on any atom is 0.246 e. The van der Waals surface area contributed by atoms with E-state index in [9.17, 15) is 9.90 Å². The molecule has 0 aliphatic carbocycles. The van der Waals surface area contributed by atoms with E-state index in [0.717, 1.165) is 5.56 Å². The minimum absolute atomic E-state index is 0.0826. The summed E-state index contributed by atoms with van der Waals surface area (Å²) in [4.78, 5) is 11.4. The zero-order chi connectivity index (χ0) is 11.3. The van der Waals surface area contributed by atoms with Crippen LogP contribution >= 0.6 is 0 Å².